The van der Waals surface area contributed by atoms with Crippen molar-refractivity contribution >= 4 is 43.4 Å². The molecular weight excluding hydrogens is 609 g/mol. The van der Waals surface area contributed by atoms with Gasteiger partial charge in [-0.3, -0.25) is 0 Å². The van der Waals surface area contributed by atoms with E-state index in [9.17, 15) is 5.26 Å². The SMILES string of the molecule is Cc1c2c(-c3ccc(-c4cccc(-c5ccc(C#N)cc5)n4)cc3)nc3ccccc3c2c(C)c2c(-c3ccccc3)nc3ccccc3c12. The summed E-state index contributed by atoms with van der Waals surface area (Å²) in [6, 6.07) is 51.9. The molecule has 0 amide bonds. The lowest BCUT2D eigenvalue weighted by Crippen LogP contribution is -1.99. The summed E-state index contributed by atoms with van der Waals surface area (Å²) in [6.45, 7) is 4.50. The lowest BCUT2D eigenvalue weighted by molar-refractivity contribution is 1.32. The summed E-state index contributed by atoms with van der Waals surface area (Å²) in [5, 5.41) is 16.3. The predicted octanol–water partition coefficient (Wildman–Crippen LogP) is 11.6. The van der Waals surface area contributed by atoms with Crippen LogP contribution in [0.4, 0.5) is 0 Å². The minimum atomic E-state index is 0.634. The van der Waals surface area contributed by atoms with Gasteiger partial charge in [-0.05, 0) is 72.1 Å². The molecule has 0 unspecified atom stereocenters. The number of nitriles is 1. The van der Waals surface area contributed by atoms with Crippen LogP contribution in [0.25, 0.3) is 88.4 Å². The minimum absolute atomic E-state index is 0.634. The third kappa shape index (κ3) is 4.71. The van der Waals surface area contributed by atoms with Gasteiger partial charge in [0.15, 0.2) is 0 Å². The number of hydrogen-bond donors (Lipinski definition) is 0. The van der Waals surface area contributed by atoms with Crippen molar-refractivity contribution in [3.8, 4) is 51.1 Å². The Morgan fingerprint density at radius 2 is 0.840 bits per heavy atom. The fourth-order valence-corrected chi connectivity index (χ4v) is 7.47. The first kappa shape index (κ1) is 29.4. The summed E-state index contributed by atoms with van der Waals surface area (Å²) in [6.07, 6.45) is 0. The lowest BCUT2D eigenvalue weighted by atomic mass is 9.86. The van der Waals surface area contributed by atoms with Crippen LogP contribution < -0.4 is 0 Å². The van der Waals surface area contributed by atoms with Crippen molar-refractivity contribution in [3.05, 3.63) is 162 Å². The van der Waals surface area contributed by atoms with Crippen LogP contribution in [0, 0.1) is 25.2 Å². The Kier molecular flexibility index (Phi) is 6.93. The van der Waals surface area contributed by atoms with E-state index in [1.165, 1.54) is 27.3 Å². The maximum atomic E-state index is 9.21. The first-order valence-electron chi connectivity index (χ1n) is 16.8. The molecule has 0 aliphatic rings. The molecule has 0 bridgehead atoms. The third-order valence-electron chi connectivity index (χ3n) is 9.85. The molecule has 9 rings (SSSR count). The summed E-state index contributed by atoms with van der Waals surface area (Å²) in [7, 11) is 0. The van der Waals surface area contributed by atoms with Gasteiger partial charge in [-0.2, -0.15) is 5.26 Å². The van der Waals surface area contributed by atoms with Gasteiger partial charge in [-0.1, -0.05) is 109 Å². The number of rotatable bonds is 4. The van der Waals surface area contributed by atoms with E-state index in [2.05, 4.69) is 123 Å². The van der Waals surface area contributed by atoms with Gasteiger partial charge in [0.25, 0.3) is 0 Å². The molecule has 4 nitrogen and oxygen atoms in total. The third-order valence-corrected chi connectivity index (χ3v) is 9.85. The molecule has 0 aliphatic heterocycles. The summed E-state index contributed by atoms with van der Waals surface area (Å²) in [4.78, 5) is 15.6. The number of nitrogens with zero attached hydrogens (tertiary/aromatic N) is 4. The minimum Gasteiger partial charge on any atom is -0.248 e. The molecule has 50 heavy (non-hydrogen) atoms. The molecule has 3 heterocycles. The number of fused-ring (bicyclic) bond motifs is 6. The van der Waals surface area contributed by atoms with Crippen LogP contribution in [0.5, 0.6) is 0 Å². The molecule has 0 saturated heterocycles. The topological polar surface area (TPSA) is 62.5 Å². The van der Waals surface area contributed by atoms with Crippen molar-refractivity contribution in [3.63, 3.8) is 0 Å². The van der Waals surface area contributed by atoms with Gasteiger partial charge in [0.2, 0.25) is 0 Å². The Labute approximate surface area is 290 Å². The Balaban J connectivity index is 1.28. The maximum absolute atomic E-state index is 9.21. The normalized spacial score (nSPS) is 11.4. The molecule has 0 atom stereocenters. The fraction of sp³-hybridized carbons (Fsp3) is 0.0435. The first-order chi connectivity index (χ1) is 24.6. The molecule has 6 aromatic carbocycles. The van der Waals surface area contributed by atoms with Crippen LogP contribution >= 0.6 is 0 Å². The van der Waals surface area contributed by atoms with Gasteiger partial charge in [0.05, 0.1) is 45.4 Å². The van der Waals surface area contributed by atoms with Crippen LogP contribution in [0.2, 0.25) is 0 Å². The highest BCUT2D eigenvalue weighted by molar-refractivity contribution is 6.25. The molecule has 0 aliphatic carbocycles. The fourth-order valence-electron chi connectivity index (χ4n) is 7.47. The second-order valence-corrected chi connectivity index (χ2v) is 12.7. The highest BCUT2D eigenvalue weighted by Gasteiger charge is 2.22. The van der Waals surface area contributed by atoms with Gasteiger partial charge in [-0.25, -0.2) is 15.0 Å². The molecule has 0 spiro atoms. The van der Waals surface area contributed by atoms with E-state index in [0.717, 1.165) is 72.2 Å². The van der Waals surface area contributed by atoms with Crippen LogP contribution in [0.15, 0.2) is 146 Å². The van der Waals surface area contributed by atoms with E-state index in [1.807, 2.05) is 42.5 Å². The molecule has 9 aromatic rings. The van der Waals surface area contributed by atoms with E-state index < -0.39 is 0 Å². The number of aryl methyl sites for hydroxylation is 2. The highest BCUT2D eigenvalue weighted by atomic mass is 14.7. The number of para-hydroxylation sites is 2. The van der Waals surface area contributed by atoms with Crippen molar-refractivity contribution < 1.29 is 0 Å². The average molecular weight is 639 g/mol. The lowest BCUT2D eigenvalue weighted by Gasteiger charge is -2.21. The van der Waals surface area contributed by atoms with Gasteiger partial charge in [0.1, 0.15) is 0 Å². The van der Waals surface area contributed by atoms with Gasteiger partial charge < -0.3 is 0 Å². The molecular formula is C46H30N4. The highest BCUT2D eigenvalue weighted by Crippen LogP contribution is 2.45. The summed E-state index contributed by atoms with van der Waals surface area (Å²) in [5.41, 5.74) is 12.9. The zero-order valence-electron chi connectivity index (χ0n) is 27.6. The smallest absolute Gasteiger partial charge is 0.0991 e. The Morgan fingerprint density at radius 1 is 0.400 bits per heavy atom. The van der Waals surface area contributed by atoms with Crippen LogP contribution in [0.3, 0.4) is 0 Å². The van der Waals surface area contributed by atoms with E-state index in [0.29, 0.717) is 5.56 Å². The number of benzene rings is 6. The van der Waals surface area contributed by atoms with Crippen LogP contribution in [-0.4, -0.2) is 15.0 Å². The quantitative estimate of drug-likeness (QED) is 0.142. The number of pyridine rings is 3. The van der Waals surface area contributed by atoms with Crippen LogP contribution in [-0.2, 0) is 0 Å². The molecule has 4 heteroatoms. The van der Waals surface area contributed by atoms with E-state index in [-0.39, 0.29) is 0 Å². The number of hydrogen-bond acceptors (Lipinski definition) is 4. The summed E-state index contributed by atoms with van der Waals surface area (Å²) >= 11 is 0. The molecule has 0 saturated carbocycles. The largest absolute Gasteiger partial charge is 0.248 e. The van der Waals surface area contributed by atoms with Crippen LogP contribution in [0.1, 0.15) is 16.7 Å². The van der Waals surface area contributed by atoms with Gasteiger partial charge in [0, 0.05) is 43.8 Å². The van der Waals surface area contributed by atoms with Crippen molar-refractivity contribution in [1.82, 2.24) is 15.0 Å². The zero-order valence-corrected chi connectivity index (χ0v) is 27.6. The number of aromatic nitrogens is 3. The zero-order chi connectivity index (χ0) is 33.8. The predicted molar refractivity (Wildman–Crippen MR) is 206 cm³/mol. The monoisotopic (exact) mass is 638 g/mol. The van der Waals surface area contributed by atoms with Crippen molar-refractivity contribution in [2.24, 2.45) is 0 Å². The first-order valence-corrected chi connectivity index (χ1v) is 16.8. The molecule has 3 aromatic heterocycles. The Bertz CT molecular complexity index is 2810. The van der Waals surface area contributed by atoms with Gasteiger partial charge >= 0.3 is 0 Å². The standard InChI is InChI=1S/C46H30N4/c1-28-42-36-14-7-9-16-40(36)50-46(34-25-23-32(24-26-34)38-18-10-17-37(48-38)31-21-19-30(27-47)20-22-31)44(42)29(2)41-35-13-6-8-15-39(35)49-45(43(28)41)33-11-4-3-5-12-33/h3-26H,1-2H3. The second kappa shape index (κ2) is 11.8. The maximum Gasteiger partial charge on any atom is 0.0991 e. The molecule has 0 fully saturated rings. The average Bonchev–Trinajstić information content (AvgIpc) is 3.19. The van der Waals surface area contributed by atoms with E-state index in [4.69, 9.17) is 15.0 Å². The van der Waals surface area contributed by atoms with E-state index >= 15 is 0 Å². The molecule has 0 radical (unpaired) electrons. The van der Waals surface area contributed by atoms with E-state index in [1.54, 1.807) is 0 Å². The summed E-state index contributed by atoms with van der Waals surface area (Å²) < 4.78 is 0. The Morgan fingerprint density at radius 3 is 1.36 bits per heavy atom. The molecule has 0 N–H and O–H groups in total. The summed E-state index contributed by atoms with van der Waals surface area (Å²) in [5.74, 6) is 0. The Hall–Kier alpha value is -6.70. The molecule has 234 valence electrons. The van der Waals surface area contributed by atoms with Crippen molar-refractivity contribution in [2.75, 3.05) is 0 Å². The second-order valence-electron chi connectivity index (χ2n) is 12.7. The van der Waals surface area contributed by atoms with Gasteiger partial charge in [-0.15, -0.1) is 0 Å². The van der Waals surface area contributed by atoms with Crippen molar-refractivity contribution in [2.45, 2.75) is 13.8 Å². The van der Waals surface area contributed by atoms with Crippen molar-refractivity contribution in [1.29, 1.82) is 5.26 Å².